The summed E-state index contributed by atoms with van der Waals surface area (Å²) in [6.45, 7) is 2.71. The fourth-order valence-electron chi connectivity index (χ4n) is 2.48. The smallest absolute Gasteiger partial charge is 0.226 e. The number of nitrogens with one attached hydrogen (secondary N) is 2. The van der Waals surface area contributed by atoms with Gasteiger partial charge in [-0.05, 0) is 31.2 Å². The van der Waals surface area contributed by atoms with Gasteiger partial charge in [0.05, 0.1) is 0 Å². The van der Waals surface area contributed by atoms with Gasteiger partial charge in [-0.25, -0.2) is 0 Å². The molecule has 2 rings (SSSR count). The molecule has 0 atom stereocenters. The Kier molecular flexibility index (Phi) is 4.01. The first-order chi connectivity index (χ1) is 8.67. The van der Waals surface area contributed by atoms with Gasteiger partial charge in [0.1, 0.15) is 0 Å². The first-order valence-electron chi connectivity index (χ1n) is 6.72. The fraction of sp³-hybridized carbons (Fsp3) is 0.692. The van der Waals surface area contributed by atoms with E-state index in [9.17, 15) is 4.79 Å². The van der Waals surface area contributed by atoms with E-state index in [0.717, 1.165) is 31.4 Å². The minimum atomic E-state index is 0.0229. The number of nitrogens with zero attached hydrogens (tertiary/aromatic N) is 1. The van der Waals surface area contributed by atoms with Gasteiger partial charge in [-0.3, -0.25) is 9.89 Å². The molecule has 0 unspecified atom stereocenters. The quantitative estimate of drug-likeness (QED) is 0.720. The van der Waals surface area contributed by atoms with Crippen LogP contribution in [0.3, 0.4) is 0 Å². The van der Waals surface area contributed by atoms with Gasteiger partial charge in [0.15, 0.2) is 5.82 Å². The Bertz CT molecular complexity index is 403. The number of H-pyrrole nitrogens is 1. The van der Waals surface area contributed by atoms with Crippen molar-refractivity contribution >= 4 is 11.7 Å². The molecule has 1 aromatic heterocycles. The fourth-order valence-corrected chi connectivity index (χ4v) is 2.48. The second-order valence-electron chi connectivity index (χ2n) is 5.31. The zero-order chi connectivity index (χ0) is 13.0. The second kappa shape index (κ2) is 5.52. The van der Waals surface area contributed by atoms with Gasteiger partial charge < -0.3 is 11.1 Å². The normalized spacial score (nSPS) is 17.2. The summed E-state index contributed by atoms with van der Waals surface area (Å²) in [4.78, 5) is 11.9. The number of rotatable bonds is 6. The summed E-state index contributed by atoms with van der Waals surface area (Å²) in [5.74, 6) is 0.643. The molecule has 1 aliphatic rings. The molecule has 4 N–H and O–H groups in total. The Morgan fingerprint density at radius 1 is 1.61 bits per heavy atom. The molecule has 0 bridgehead atoms. The van der Waals surface area contributed by atoms with Crippen LogP contribution >= 0.6 is 0 Å². The maximum Gasteiger partial charge on any atom is 0.226 e. The van der Waals surface area contributed by atoms with E-state index in [2.05, 4.69) is 22.4 Å². The largest absolute Gasteiger partial charge is 0.330 e. The van der Waals surface area contributed by atoms with Crippen LogP contribution in [0.5, 0.6) is 0 Å². The highest BCUT2D eigenvalue weighted by Crippen LogP contribution is 2.42. The van der Waals surface area contributed by atoms with Crippen LogP contribution in [-0.4, -0.2) is 22.6 Å². The van der Waals surface area contributed by atoms with Crippen molar-refractivity contribution in [3.05, 3.63) is 11.8 Å². The number of anilines is 1. The molecule has 100 valence electrons. The lowest BCUT2D eigenvalue weighted by Crippen LogP contribution is -2.40. The van der Waals surface area contributed by atoms with Gasteiger partial charge in [-0.2, -0.15) is 5.10 Å². The minimum absolute atomic E-state index is 0.0229. The SMILES string of the molecule is CCCc1cc(NC(=O)CC2(CN)CCC2)n[nH]1. The van der Waals surface area contributed by atoms with Crippen LogP contribution in [0.15, 0.2) is 6.07 Å². The van der Waals surface area contributed by atoms with Crippen molar-refractivity contribution in [2.45, 2.75) is 45.4 Å². The lowest BCUT2D eigenvalue weighted by atomic mass is 9.66. The molecule has 1 saturated carbocycles. The Hall–Kier alpha value is -1.36. The molecule has 0 radical (unpaired) electrons. The Balaban J connectivity index is 1.86. The number of aromatic amines is 1. The first-order valence-corrected chi connectivity index (χ1v) is 6.72. The first kappa shape index (κ1) is 13.1. The number of carbonyl (C=O) groups excluding carboxylic acids is 1. The Labute approximate surface area is 108 Å². The van der Waals surface area contributed by atoms with Crippen LogP contribution in [0.4, 0.5) is 5.82 Å². The third-order valence-electron chi connectivity index (χ3n) is 3.80. The summed E-state index contributed by atoms with van der Waals surface area (Å²) < 4.78 is 0. The zero-order valence-electron chi connectivity index (χ0n) is 11.0. The van der Waals surface area contributed by atoms with E-state index in [1.807, 2.05) is 6.07 Å². The average molecular weight is 250 g/mol. The monoisotopic (exact) mass is 250 g/mol. The van der Waals surface area contributed by atoms with Gasteiger partial charge in [0, 0.05) is 18.2 Å². The molecular weight excluding hydrogens is 228 g/mol. The van der Waals surface area contributed by atoms with E-state index >= 15 is 0 Å². The second-order valence-corrected chi connectivity index (χ2v) is 5.31. The molecule has 1 amide bonds. The van der Waals surface area contributed by atoms with Crippen molar-refractivity contribution in [2.75, 3.05) is 11.9 Å². The van der Waals surface area contributed by atoms with E-state index in [0.29, 0.717) is 18.8 Å². The Morgan fingerprint density at radius 3 is 2.94 bits per heavy atom. The van der Waals surface area contributed by atoms with Crippen molar-refractivity contribution in [3.8, 4) is 0 Å². The highest BCUT2D eigenvalue weighted by molar-refractivity contribution is 5.90. The topological polar surface area (TPSA) is 83.8 Å². The van der Waals surface area contributed by atoms with Gasteiger partial charge >= 0.3 is 0 Å². The van der Waals surface area contributed by atoms with Crippen molar-refractivity contribution in [1.82, 2.24) is 10.2 Å². The third kappa shape index (κ3) is 2.90. The van der Waals surface area contributed by atoms with Crippen LogP contribution in [0.25, 0.3) is 0 Å². The van der Waals surface area contributed by atoms with E-state index in [1.54, 1.807) is 0 Å². The third-order valence-corrected chi connectivity index (χ3v) is 3.80. The Morgan fingerprint density at radius 2 is 2.39 bits per heavy atom. The molecule has 0 aromatic carbocycles. The predicted octanol–water partition coefficient (Wildman–Crippen LogP) is 1.82. The summed E-state index contributed by atoms with van der Waals surface area (Å²) in [5.41, 5.74) is 6.86. The lowest BCUT2D eigenvalue weighted by molar-refractivity contribution is -0.119. The molecule has 0 saturated heterocycles. The number of aromatic nitrogens is 2. The molecule has 5 heteroatoms. The maximum absolute atomic E-state index is 11.9. The van der Waals surface area contributed by atoms with E-state index in [4.69, 9.17) is 5.73 Å². The summed E-state index contributed by atoms with van der Waals surface area (Å²) in [7, 11) is 0. The summed E-state index contributed by atoms with van der Waals surface area (Å²) in [5, 5.41) is 9.86. The molecule has 1 heterocycles. The standard InChI is InChI=1S/C13H22N4O/c1-2-4-10-7-11(17-16-10)15-12(18)8-13(9-14)5-3-6-13/h7H,2-6,8-9,14H2,1H3,(H2,15,16,17,18). The number of hydrogen-bond acceptors (Lipinski definition) is 3. The van der Waals surface area contributed by atoms with E-state index < -0.39 is 0 Å². The van der Waals surface area contributed by atoms with Gasteiger partial charge in [-0.15, -0.1) is 0 Å². The van der Waals surface area contributed by atoms with E-state index in [1.165, 1.54) is 6.42 Å². The van der Waals surface area contributed by atoms with Crippen molar-refractivity contribution in [3.63, 3.8) is 0 Å². The highest BCUT2D eigenvalue weighted by Gasteiger charge is 2.37. The van der Waals surface area contributed by atoms with Crippen LogP contribution < -0.4 is 11.1 Å². The molecule has 18 heavy (non-hydrogen) atoms. The van der Waals surface area contributed by atoms with Crippen molar-refractivity contribution in [2.24, 2.45) is 11.1 Å². The van der Waals surface area contributed by atoms with E-state index in [-0.39, 0.29) is 11.3 Å². The minimum Gasteiger partial charge on any atom is -0.330 e. The number of carbonyl (C=O) groups is 1. The molecule has 0 spiro atoms. The number of nitrogens with two attached hydrogens (primary N) is 1. The van der Waals surface area contributed by atoms with Crippen molar-refractivity contribution in [1.29, 1.82) is 0 Å². The summed E-state index contributed by atoms with van der Waals surface area (Å²) >= 11 is 0. The lowest BCUT2D eigenvalue weighted by Gasteiger charge is -2.40. The zero-order valence-corrected chi connectivity index (χ0v) is 11.0. The maximum atomic E-state index is 11.9. The van der Waals surface area contributed by atoms with Gasteiger partial charge in [0.25, 0.3) is 0 Å². The summed E-state index contributed by atoms with van der Waals surface area (Å²) in [6.07, 6.45) is 5.85. The number of amides is 1. The van der Waals surface area contributed by atoms with Crippen LogP contribution in [0.1, 0.15) is 44.7 Å². The summed E-state index contributed by atoms with van der Waals surface area (Å²) in [6, 6.07) is 1.90. The number of aryl methyl sites for hydroxylation is 1. The predicted molar refractivity (Wildman–Crippen MR) is 71.2 cm³/mol. The highest BCUT2D eigenvalue weighted by atomic mass is 16.1. The molecular formula is C13H22N4O. The molecule has 0 aliphatic heterocycles. The molecule has 5 nitrogen and oxygen atoms in total. The van der Waals surface area contributed by atoms with Crippen LogP contribution in [0.2, 0.25) is 0 Å². The van der Waals surface area contributed by atoms with Crippen LogP contribution in [-0.2, 0) is 11.2 Å². The van der Waals surface area contributed by atoms with Gasteiger partial charge in [-0.1, -0.05) is 19.8 Å². The molecule has 1 aromatic rings. The van der Waals surface area contributed by atoms with Crippen molar-refractivity contribution < 1.29 is 4.79 Å². The van der Waals surface area contributed by atoms with Gasteiger partial charge in [0.2, 0.25) is 5.91 Å². The average Bonchev–Trinajstić information content (AvgIpc) is 2.71. The molecule has 1 aliphatic carbocycles. The number of hydrogen-bond donors (Lipinski definition) is 3. The van der Waals surface area contributed by atoms with Crippen LogP contribution in [0, 0.1) is 5.41 Å². The molecule has 1 fully saturated rings.